The number of hydrogen-bond acceptors (Lipinski definition) is 6. The number of nitrogens with zero attached hydrogens (tertiary/aromatic N) is 4. The fourth-order valence-electron chi connectivity index (χ4n) is 3.27. The SMILES string of the molecule is COc1ccc(C)c2sc(N(CCCN(C)C)C(=O)c3ccc(N(C)C)cc3)nc12. The van der Waals surface area contributed by atoms with Gasteiger partial charge in [0.15, 0.2) is 5.13 Å². The zero-order chi connectivity index (χ0) is 21.8. The molecule has 30 heavy (non-hydrogen) atoms. The summed E-state index contributed by atoms with van der Waals surface area (Å²) in [5.41, 5.74) is 3.66. The average molecular weight is 427 g/mol. The molecule has 0 aliphatic heterocycles. The van der Waals surface area contributed by atoms with E-state index in [2.05, 4.69) is 11.8 Å². The van der Waals surface area contributed by atoms with E-state index in [1.165, 1.54) is 0 Å². The molecule has 1 heterocycles. The molecule has 0 N–H and O–H groups in total. The molecule has 0 unspecified atom stereocenters. The van der Waals surface area contributed by atoms with Crippen molar-refractivity contribution in [3.05, 3.63) is 47.5 Å². The predicted octanol–water partition coefficient (Wildman–Crippen LogP) is 4.28. The molecule has 0 bridgehead atoms. The van der Waals surface area contributed by atoms with Crippen molar-refractivity contribution in [3.8, 4) is 5.75 Å². The molecule has 0 atom stereocenters. The number of aromatic nitrogens is 1. The molecule has 0 aliphatic rings. The lowest BCUT2D eigenvalue weighted by Crippen LogP contribution is -2.33. The third-order valence-electron chi connectivity index (χ3n) is 5.01. The van der Waals surface area contributed by atoms with Crippen molar-refractivity contribution in [2.75, 3.05) is 58.2 Å². The topological polar surface area (TPSA) is 48.9 Å². The number of ether oxygens (including phenoxy) is 1. The van der Waals surface area contributed by atoms with E-state index in [4.69, 9.17) is 9.72 Å². The van der Waals surface area contributed by atoms with Crippen LogP contribution in [0, 0.1) is 6.92 Å². The fourth-order valence-corrected chi connectivity index (χ4v) is 4.34. The van der Waals surface area contributed by atoms with Crippen LogP contribution in [0.25, 0.3) is 10.2 Å². The molecule has 7 heteroatoms. The Morgan fingerprint density at radius 3 is 2.33 bits per heavy atom. The molecule has 1 amide bonds. The predicted molar refractivity (Wildman–Crippen MR) is 127 cm³/mol. The van der Waals surface area contributed by atoms with Crippen LogP contribution in [0.4, 0.5) is 10.8 Å². The number of thiazole rings is 1. The Labute approximate surface area is 182 Å². The summed E-state index contributed by atoms with van der Waals surface area (Å²) in [5, 5.41) is 0.707. The minimum Gasteiger partial charge on any atom is -0.494 e. The van der Waals surface area contributed by atoms with E-state index < -0.39 is 0 Å². The van der Waals surface area contributed by atoms with Gasteiger partial charge in [0, 0.05) is 31.9 Å². The molecule has 6 nitrogen and oxygen atoms in total. The molecule has 0 saturated heterocycles. The highest BCUT2D eigenvalue weighted by Gasteiger charge is 2.23. The quantitative estimate of drug-likeness (QED) is 0.538. The van der Waals surface area contributed by atoms with Crippen LogP contribution < -0.4 is 14.5 Å². The molecule has 3 aromatic rings. The summed E-state index contributed by atoms with van der Waals surface area (Å²) in [6.45, 7) is 3.56. The average Bonchev–Trinajstić information content (AvgIpc) is 3.17. The van der Waals surface area contributed by atoms with Gasteiger partial charge in [0.05, 0.1) is 11.8 Å². The van der Waals surface area contributed by atoms with Crippen LogP contribution in [0.5, 0.6) is 5.75 Å². The van der Waals surface area contributed by atoms with Crippen molar-refractivity contribution in [1.82, 2.24) is 9.88 Å². The zero-order valence-corrected chi connectivity index (χ0v) is 19.4. The van der Waals surface area contributed by atoms with E-state index in [0.29, 0.717) is 17.2 Å². The second-order valence-electron chi connectivity index (χ2n) is 7.81. The van der Waals surface area contributed by atoms with E-state index in [-0.39, 0.29) is 5.91 Å². The van der Waals surface area contributed by atoms with E-state index >= 15 is 0 Å². The number of carbonyl (C=O) groups is 1. The Hall–Kier alpha value is -2.64. The van der Waals surface area contributed by atoms with E-state index in [1.807, 2.05) is 69.5 Å². The number of methoxy groups -OCH3 is 1. The minimum absolute atomic E-state index is 0.0326. The van der Waals surface area contributed by atoms with Gasteiger partial charge in [-0.3, -0.25) is 9.69 Å². The van der Waals surface area contributed by atoms with Gasteiger partial charge < -0.3 is 14.5 Å². The molecule has 2 aromatic carbocycles. The summed E-state index contributed by atoms with van der Waals surface area (Å²) in [6, 6.07) is 11.7. The van der Waals surface area contributed by atoms with Crippen LogP contribution in [0.2, 0.25) is 0 Å². The third-order valence-corrected chi connectivity index (χ3v) is 6.22. The first-order valence-electron chi connectivity index (χ1n) is 10.00. The van der Waals surface area contributed by atoms with Gasteiger partial charge in [0.2, 0.25) is 0 Å². The lowest BCUT2D eigenvalue weighted by molar-refractivity contribution is 0.0986. The zero-order valence-electron chi connectivity index (χ0n) is 18.6. The normalized spacial score (nSPS) is 11.2. The van der Waals surface area contributed by atoms with Crippen LogP contribution in [-0.4, -0.2) is 64.2 Å². The van der Waals surface area contributed by atoms with Crippen molar-refractivity contribution in [2.24, 2.45) is 0 Å². The van der Waals surface area contributed by atoms with Crippen LogP contribution in [0.3, 0.4) is 0 Å². The standard InChI is InChI=1S/C23H30N4O2S/c1-16-8-13-19(29-6)20-21(16)30-23(24-20)27(15-7-14-25(2)3)22(28)17-9-11-18(12-10-17)26(4)5/h8-13H,7,14-15H2,1-6H3. The number of amides is 1. The smallest absolute Gasteiger partial charge is 0.260 e. The summed E-state index contributed by atoms with van der Waals surface area (Å²) >= 11 is 1.54. The first-order valence-corrected chi connectivity index (χ1v) is 10.8. The maximum absolute atomic E-state index is 13.5. The highest BCUT2D eigenvalue weighted by Crippen LogP contribution is 2.37. The number of carbonyl (C=O) groups excluding carboxylic acids is 1. The number of aryl methyl sites for hydroxylation is 1. The molecular formula is C23H30N4O2S. The summed E-state index contributed by atoms with van der Waals surface area (Å²) in [5.74, 6) is 0.698. The van der Waals surface area contributed by atoms with E-state index in [0.717, 1.165) is 40.2 Å². The molecule has 0 radical (unpaired) electrons. The summed E-state index contributed by atoms with van der Waals surface area (Å²) in [6.07, 6.45) is 0.862. The summed E-state index contributed by atoms with van der Waals surface area (Å²) in [4.78, 5) is 24.2. The number of anilines is 2. The Morgan fingerprint density at radius 1 is 1.03 bits per heavy atom. The Morgan fingerprint density at radius 2 is 1.73 bits per heavy atom. The van der Waals surface area contributed by atoms with Gasteiger partial charge in [-0.15, -0.1) is 0 Å². The summed E-state index contributed by atoms with van der Waals surface area (Å²) < 4.78 is 6.55. The maximum Gasteiger partial charge on any atom is 0.260 e. The van der Waals surface area contributed by atoms with Crippen LogP contribution in [0.15, 0.2) is 36.4 Å². The lowest BCUT2D eigenvalue weighted by Gasteiger charge is -2.21. The Balaban J connectivity index is 1.98. The number of rotatable bonds is 8. The molecule has 0 saturated carbocycles. The Bertz CT molecular complexity index is 1010. The molecule has 0 spiro atoms. The first-order chi connectivity index (χ1) is 14.3. The summed E-state index contributed by atoms with van der Waals surface area (Å²) in [7, 11) is 9.70. The van der Waals surface area contributed by atoms with Gasteiger partial charge in [-0.1, -0.05) is 17.4 Å². The number of hydrogen-bond donors (Lipinski definition) is 0. The molecule has 0 aliphatic carbocycles. The van der Waals surface area contributed by atoms with Crippen molar-refractivity contribution < 1.29 is 9.53 Å². The van der Waals surface area contributed by atoms with Crippen LogP contribution >= 0.6 is 11.3 Å². The van der Waals surface area contributed by atoms with Crippen molar-refractivity contribution >= 4 is 38.3 Å². The van der Waals surface area contributed by atoms with Gasteiger partial charge >= 0.3 is 0 Å². The molecular weight excluding hydrogens is 396 g/mol. The largest absolute Gasteiger partial charge is 0.494 e. The van der Waals surface area contributed by atoms with Crippen molar-refractivity contribution in [2.45, 2.75) is 13.3 Å². The van der Waals surface area contributed by atoms with Gasteiger partial charge in [0.25, 0.3) is 5.91 Å². The van der Waals surface area contributed by atoms with Gasteiger partial charge in [-0.05, 0) is 69.9 Å². The second kappa shape index (κ2) is 9.45. The van der Waals surface area contributed by atoms with Crippen LogP contribution in [0.1, 0.15) is 22.3 Å². The highest BCUT2D eigenvalue weighted by atomic mass is 32.1. The monoisotopic (exact) mass is 426 g/mol. The molecule has 3 rings (SSSR count). The van der Waals surface area contributed by atoms with E-state index in [9.17, 15) is 4.79 Å². The molecule has 1 aromatic heterocycles. The second-order valence-corrected chi connectivity index (χ2v) is 8.79. The van der Waals surface area contributed by atoms with E-state index in [1.54, 1.807) is 23.3 Å². The van der Waals surface area contributed by atoms with Gasteiger partial charge in [-0.25, -0.2) is 4.98 Å². The minimum atomic E-state index is -0.0326. The lowest BCUT2D eigenvalue weighted by atomic mass is 10.1. The molecule has 160 valence electrons. The fraction of sp³-hybridized carbons (Fsp3) is 0.391. The third kappa shape index (κ3) is 4.74. The van der Waals surface area contributed by atoms with Crippen LogP contribution in [-0.2, 0) is 0 Å². The number of benzene rings is 2. The Kier molecular flexibility index (Phi) is 6.95. The maximum atomic E-state index is 13.5. The highest BCUT2D eigenvalue weighted by molar-refractivity contribution is 7.22. The van der Waals surface area contributed by atoms with Gasteiger partial charge in [-0.2, -0.15) is 0 Å². The van der Waals surface area contributed by atoms with Gasteiger partial charge in [0.1, 0.15) is 11.3 Å². The molecule has 0 fully saturated rings. The van der Waals surface area contributed by atoms with Crippen molar-refractivity contribution in [1.29, 1.82) is 0 Å². The first kappa shape index (κ1) is 22.1. The number of fused-ring (bicyclic) bond motifs is 1. The van der Waals surface area contributed by atoms with Crippen molar-refractivity contribution in [3.63, 3.8) is 0 Å².